The van der Waals surface area contributed by atoms with Crippen molar-refractivity contribution in [1.29, 1.82) is 0 Å². The van der Waals surface area contributed by atoms with Crippen LogP contribution in [0.3, 0.4) is 0 Å². The van der Waals surface area contributed by atoms with Gasteiger partial charge in [0, 0.05) is 6.08 Å². The Balaban J connectivity index is 4.15. The molecule has 0 aromatic heterocycles. The van der Waals surface area contributed by atoms with Gasteiger partial charge in [0.25, 0.3) is 0 Å². The fraction of sp³-hybridized carbons (Fsp3) is 0.519. The molecule has 162 valence electrons. The van der Waals surface area contributed by atoms with E-state index in [1.54, 1.807) is 6.08 Å². The van der Waals surface area contributed by atoms with Gasteiger partial charge < -0.3 is 4.74 Å². The average Bonchev–Trinajstić information content (AvgIpc) is 2.61. The number of allylic oxidation sites excluding steroid dienone is 10. The first-order valence-electron chi connectivity index (χ1n) is 10.8. The second-order valence-corrected chi connectivity index (χ2v) is 8.28. The van der Waals surface area contributed by atoms with E-state index in [1.165, 1.54) is 33.9 Å². The van der Waals surface area contributed by atoms with Crippen molar-refractivity contribution < 1.29 is 9.53 Å². The minimum absolute atomic E-state index is 0.294. The van der Waals surface area contributed by atoms with Crippen LogP contribution in [0, 0.1) is 0 Å². The number of rotatable bonds is 13. The molecule has 0 aromatic rings. The number of carbonyl (C=O) groups excluding carboxylic acids is 1. The Labute approximate surface area is 179 Å². The lowest BCUT2D eigenvalue weighted by Gasteiger charge is -2.01. The molecule has 0 amide bonds. The zero-order valence-electron chi connectivity index (χ0n) is 19.8. The van der Waals surface area contributed by atoms with Gasteiger partial charge in [-0.1, -0.05) is 58.2 Å². The summed E-state index contributed by atoms with van der Waals surface area (Å²) in [6.07, 6.45) is 20.4. The summed E-state index contributed by atoms with van der Waals surface area (Å²) in [4.78, 5) is 11.8. The number of carbonyl (C=O) groups is 1. The monoisotopic (exact) mass is 398 g/mol. The predicted octanol–water partition coefficient (Wildman–Crippen LogP) is 8.20. The van der Waals surface area contributed by atoms with Crippen molar-refractivity contribution in [2.75, 3.05) is 6.61 Å². The molecule has 0 atom stereocenters. The molecular formula is C27H42O2. The zero-order valence-corrected chi connectivity index (χ0v) is 19.8. The molecule has 0 aromatic carbocycles. The SMILES string of the molecule is CC(C)=CCCC(C)=CCCC(C)=CC=CC(=O)OCC=C(C)CCC=C(C)C. The molecule has 2 heteroatoms. The molecule has 0 saturated carbocycles. The fourth-order valence-electron chi connectivity index (χ4n) is 2.62. The molecular weight excluding hydrogens is 356 g/mol. The summed E-state index contributed by atoms with van der Waals surface area (Å²) >= 11 is 0. The molecule has 0 aliphatic carbocycles. The van der Waals surface area contributed by atoms with Gasteiger partial charge in [-0.3, -0.25) is 0 Å². The van der Waals surface area contributed by atoms with E-state index in [2.05, 4.69) is 66.7 Å². The first-order chi connectivity index (χ1) is 13.7. The number of esters is 1. The Bertz CT molecular complexity index is 659. The second kappa shape index (κ2) is 16.8. The van der Waals surface area contributed by atoms with Gasteiger partial charge in [0.1, 0.15) is 6.61 Å². The van der Waals surface area contributed by atoms with Crippen molar-refractivity contribution in [2.45, 2.75) is 87.0 Å². The summed E-state index contributed by atoms with van der Waals surface area (Å²) in [5.74, 6) is -0.294. The van der Waals surface area contributed by atoms with Crippen molar-refractivity contribution in [3.63, 3.8) is 0 Å². The highest BCUT2D eigenvalue weighted by molar-refractivity contribution is 5.82. The van der Waals surface area contributed by atoms with Gasteiger partial charge in [-0.25, -0.2) is 4.79 Å². The molecule has 0 aliphatic rings. The van der Waals surface area contributed by atoms with Crippen LogP contribution < -0.4 is 0 Å². The van der Waals surface area contributed by atoms with Gasteiger partial charge in [0.2, 0.25) is 0 Å². The second-order valence-electron chi connectivity index (χ2n) is 8.28. The van der Waals surface area contributed by atoms with Crippen LogP contribution in [-0.2, 0) is 9.53 Å². The van der Waals surface area contributed by atoms with Crippen molar-refractivity contribution in [1.82, 2.24) is 0 Å². The standard InChI is InChI=1S/C27H42O2/c1-22(2)12-8-14-24(5)16-10-17-25(6)18-11-19-27(28)29-21-20-26(7)15-9-13-23(3)4/h11-13,16,18-20H,8-10,14-15,17,21H2,1-7H3. The van der Waals surface area contributed by atoms with E-state index in [0.717, 1.165) is 38.5 Å². The van der Waals surface area contributed by atoms with Crippen LogP contribution in [0.4, 0.5) is 0 Å². The highest BCUT2D eigenvalue weighted by Gasteiger charge is 1.96. The third-order valence-electron chi connectivity index (χ3n) is 4.48. The van der Waals surface area contributed by atoms with E-state index in [-0.39, 0.29) is 5.97 Å². The Kier molecular flexibility index (Phi) is 15.6. The molecule has 0 rings (SSSR count). The van der Waals surface area contributed by atoms with Gasteiger partial charge in [-0.15, -0.1) is 0 Å². The average molecular weight is 399 g/mol. The fourth-order valence-corrected chi connectivity index (χ4v) is 2.62. The van der Waals surface area contributed by atoms with Gasteiger partial charge in [0.05, 0.1) is 0 Å². The summed E-state index contributed by atoms with van der Waals surface area (Å²) in [7, 11) is 0. The summed E-state index contributed by atoms with van der Waals surface area (Å²) < 4.78 is 5.23. The van der Waals surface area contributed by atoms with Crippen LogP contribution in [0.2, 0.25) is 0 Å². The molecule has 0 N–H and O–H groups in total. The topological polar surface area (TPSA) is 26.3 Å². The molecule has 0 spiro atoms. The van der Waals surface area contributed by atoms with E-state index in [4.69, 9.17) is 4.74 Å². The predicted molar refractivity (Wildman–Crippen MR) is 128 cm³/mol. The minimum Gasteiger partial charge on any atom is -0.458 e. The maximum Gasteiger partial charge on any atom is 0.331 e. The van der Waals surface area contributed by atoms with Crippen molar-refractivity contribution in [3.05, 3.63) is 70.4 Å². The summed E-state index contributed by atoms with van der Waals surface area (Å²) in [5.41, 5.74) is 6.67. The largest absolute Gasteiger partial charge is 0.458 e. The first-order valence-corrected chi connectivity index (χ1v) is 10.8. The smallest absolute Gasteiger partial charge is 0.331 e. The molecule has 29 heavy (non-hydrogen) atoms. The molecule has 0 unspecified atom stereocenters. The van der Waals surface area contributed by atoms with Crippen LogP contribution >= 0.6 is 0 Å². The van der Waals surface area contributed by atoms with Crippen molar-refractivity contribution in [3.8, 4) is 0 Å². The number of ether oxygens (including phenoxy) is 1. The maximum absolute atomic E-state index is 11.8. The molecule has 0 radical (unpaired) electrons. The van der Waals surface area contributed by atoms with Gasteiger partial charge >= 0.3 is 5.97 Å². The molecule has 0 aliphatic heterocycles. The number of hydrogen-bond acceptors (Lipinski definition) is 2. The summed E-state index contributed by atoms with van der Waals surface area (Å²) in [6.45, 7) is 15.2. The molecule has 0 heterocycles. The van der Waals surface area contributed by atoms with E-state index < -0.39 is 0 Å². The maximum atomic E-state index is 11.8. The highest BCUT2D eigenvalue weighted by atomic mass is 16.5. The van der Waals surface area contributed by atoms with Gasteiger partial charge in [0.15, 0.2) is 0 Å². The van der Waals surface area contributed by atoms with Crippen molar-refractivity contribution in [2.24, 2.45) is 0 Å². The first kappa shape index (κ1) is 26.9. The Hall–Kier alpha value is -2.09. The zero-order chi connectivity index (χ0) is 22.1. The third-order valence-corrected chi connectivity index (χ3v) is 4.48. The molecule has 2 nitrogen and oxygen atoms in total. The third kappa shape index (κ3) is 19.0. The lowest BCUT2D eigenvalue weighted by atomic mass is 10.1. The van der Waals surface area contributed by atoms with E-state index >= 15 is 0 Å². The Morgan fingerprint density at radius 1 is 0.655 bits per heavy atom. The minimum atomic E-state index is -0.294. The molecule has 0 fully saturated rings. The van der Waals surface area contributed by atoms with Gasteiger partial charge in [-0.2, -0.15) is 0 Å². The summed E-state index contributed by atoms with van der Waals surface area (Å²) in [5, 5.41) is 0. The quantitative estimate of drug-likeness (QED) is 0.135. The van der Waals surface area contributed by atoms with Gasteiger partial charge in [-0.05, 0) is 93.1 Å². The molecule has 0 saturated heterocycles. The molecule has 0 bridgehead atoms. The normalized spacial score (nSPS) is 12.9. The van der Waals surface area contributed by atoms with Crippen LogP contribution in [0.15, 0.2) is 70.4 Å². The van der Waals surface area contributed by atoms with Crippen molar-refractivity contribution >= 4 is 5.97 Å². The van der Waals surface area contributed by atoms with E-state index in [9.17, 15) is 4.79 Å². The van der Waals surface area contributed by atoms with Crippen LogP contribution in [0.1, 0.15) is 87.0 Å². The highest BCUT2D eigenvalue weighted by Crippen LogP contribution is 2.11. The Morgan fingerprint density at radius 2 is 1.14 bits per heavy atom. The Morgan fingerprint density at radius 3 is 1.69 bits per heavy atom. The van der Waals surface area contributed by atoms with Crippen LogP contribution in [0.25, 0.3) is 0 Å². The van der Waals surface area contributed by atoms with Crippen LogP contribution in [-0.4, -0.2) is 12.6 Å². The van der Waals surface area contributed by atoms with Crippen LogP contribution in [0.5, 0.6) is 0 Å². The lowest BCUT2D eigenvalue weighted by Crippen LogP contribution is -2.00. The summed E-state index contributed by atoms with van der Waals surface area (Å²) in [6, 6.07) is 0. The van der Waals surface area contributed by atoms with E-state index in [1.807, 2.05) is 12.2 Å². The van der Waals surface area contributed by atoms with E-state index in [0.29, 0.717) is 6.61 Å². The number of hydrogen-bond donors (Lipinski definition) is 0. The lowest BCUT2D eigenvalue weighted by molar-refractivity contribution is -0.136.